The predicted octanol–water partition coefficient (Wildman–Crippen LogP) is 2.67. The number of hydrogen-bond donors (Lipinski definition) is 2. The molecule has 2 N–H and O–H groups in total. The molecule has 2 rings (SSSR count). The molecule has 1 aromatic rings. The van der Waals surface area contributed by atoms with Crippen LogP contribution in [0.2, 0.25) is 0 Å². The SMILES string of the molecule is CNc1cccc(NCCC2=CCCC=N2)n1. The van der Waals surface area contributed by atoms with E-state index in [0.29, 0.717) is 0 Å². The first-order valence-electron chi connectivity index (χ1n) is 5.99. The van der Waals surface area contributed by atoms with E-state index in [-0.39, 0.29) is 0 Å². The number of anilines is 2. The number of nitrogens with one attached hydrogen (secondary N) is 2. The Morgan fingerprint density at radius 3 is 2.88 bits per heavy atom. The van der Waals surface area contributed by atoms with Gasteiger partial charge in [-0.15, -0.1) is 0 Å². The Hall–Kier alpha value is -1.84. The fraction of sp³-hybridized carbons (Fsp3) is 0.385. The molecule has 1 aromatic heterocycles. The van der Waals surface area contributed by atoms with Crippen molar-refractivity contribution in [3.8, 4) is 0 Å². The Labute approximate surface area is 102 Å². The molecule has 0 unspecified atom stereocenters. The lowest BCUT2D eigenvalue weighted by Crippen LogP contribution is -2.05. The number of pyridine rings is 1. The molecule has 0 aliphatic carbocycles. The summed E-state index contributed by atoms with van der Waals surface area (Å²) in [6.07, 6.45) is 7.34. The van der Waals surface area contributed by atoms with Crippen molar-refractivity contribution in [3.63, 3.8) is 0 Å². The van der Waals surface area contributed by atoms with Crippen molar-refractivity contribution in [3.05, 3.63) is 30.0 Å². The molecule has 17 heavy (non-hydrogen) atoms. The van der Waals surface area contributed by atoms with Gasteiger partial charge >= 0.3 is 0 Å². The summed E-state index contributed by atoms with van der Waals surface area (Å²) in [6, 6.07) is 5.90. The maximum absolute atomic E-state index is 4.39. The molecule has 4 heteroatoms. The van der Waals surface area contributed by atoms with Gasteiger partial charge in [0.15, 0.2) is 0 Å². The molecule has 0 spiro atoms. The van der Waals surface area contributed by atoms with Gasteiger partial charge in [0.1, 0.15) is 11.6 Å². The molecule has 0 fully saturated rings. The molecule has 0 radical (unpaired) electrons. The van der Waals surface area contributed by atoms with Crippen LogP contribution in [0, 0.1) is 0 Å². The smallest absolute Gasteiger partial charge is 0.128 e. The number of hydrogen-bond acceptors (Lipinski definition) is 4. The first-order chi connectivity index (χ1) is 8.38. The van der Waals surface area contributed by atoms with E-state index in [4.69, 9.17) is 0 Å². The second kappa shape index (κ2) is 6.03. The van der Waals surface area contributed by atoms with Gasteiger partial charge in [0.05, 0.1) is 0 Å². The molecule has 1 aliphatic rings. The van der Waals surface area contributed by atoms with Crippen LogP contribution in [0.5, 0.6) is 0 Å². The molecule has 0 atom stereocenters. The third-order valence-corrected chi connectivity index (χ3v) is 2.63. The molecule has 2 heterocycles. The van der Waals surface area contributed by atoms with Gasteiger partial charge in [-0.2, -0.15) is 0 Å². The second-order valence-electron chi connectivity index (χ2n) is 3.92. The van der Waals surface area contributed by atoms with E-state index < -0.39 is 0 Å². The summed E-state index contributed by atoms with van der Waals surface area (Å²) in [5, 5.41) is 6.32. The van der Waals surface area contributed by atoms with Crippen molar-refractivity contribution >= 4 is 17.9 Å². The summed E-state index contributed by atoms with van der Waals surface area (Å²) < 4.78 is 0. The van der Waals surface area contributed by atoms with Gasteiger partial charge in [-0.05, 0) is 25.0 Å². The quantitative estimate of drug-likeness (QED) is 0.817. The molecule has 0 aromatic carbocycles. The molecular formula is C13H18N4. The van der Waals surface area contributed by atoms with E-state index in [1.807, 2.05) is 31.5 Å². The average Bonchev–Trinajstić information content (AvgIpc) is 2.40. The second-order valence-corrected chi connectivity index (χ2v) is 3.92. The number of aromatic nitrogens is 1. The summed E-state index contributed by atoms with van der Waals surface area (Å²) in [5.41, 5.74) is 1.17. The Morgan fingerprint density at radius 1 is 1.24 bits per heavy atom. The summed E-state index contributed by atoms with van der Waals surface area (Å²) in [5.74, 6) is 1.78. The predicted molar refractivity (Wildman–Crippen MR) is 72.7 cm³/mol. The van der Waals surface area contributed by atoms with Gasteiger partial charge in [0.2, 0.25) is 0 Å². The zero-order chi connectivity index (χ0) is 11.9. The highest BCUT2D eigenvalue weighted by Crippen LogP contribution is 2.12. The first-order valence-corrected chi connectivity index (χ1v) is 5.99. The Kier molecular flexibility index (Phi) is 4.13. The van der Waals surface area contributed by atoms with Gasteiger partial charge < -0.3 is 10.6 Å². The van der Waals surface area contributed by atoms with Gasteiger partial charge in [0.25, 0.3) is 0 Å². The molecule has 0 saturated carbocycles. The van der Waals surface area contributed by atoms with Crippen LogP contribution < -0.4 is 10.6 Å². The summed E-state index contributed by atoms with van der Waals surface area (Å²) in [4.78, 5) is 8.75. The minimum atomic E-state index is 0.864. The van der Waals surface area contributed by atoms with E-state index >= 15 is 0 Å². The molecule has 0 amide bonds. The fourth-order valence-electron chi connectivity index (χ4n) is 1.72. The molecule has 90 valence electrons. The van der Waals surface area contributed by atoms with Crippen LogP contribution in [-0.4, -0.2) is 24.8 Å². The highest BCUT2D eigenvalue weighted by Gasteiger charge is 1.99. The molecular weight excluding hydrogens is 212 g/mol. The normalized spacial score (nSPS) is 14.3. The minimum Gasteiger partial charge on any atom is -0.373 e. The van der Waals surface area contributed by atoms with Crippen LogP contribution in [-0.2, 0) is 0 Å². The zero-order valence-corrected chi connectivity index (χ0v) is 10.1. The van der Waals surface area contributed by atoms with Crippen LogP contribution in [0.1, 0.15) is 19.3 Å². The van der Waals surface area contributed by atoms with Gasteiger partial charge in [-0.3, -0.25) is 4.99 Å². The van der Waals surface area contributed by atoms with Crippen molar-refractivity contribution < 1.29 is 0 Å². The molecule has 0 saturated heterocycles. The minimum absolute atomic E-state index is 0.864. The summed E-state index contributed by atoms with van der Waals surface area (Å²) in [6.45, 7) is 0.864. The van der Waals surface area contributed by atoms with Crippen LogP contribution in [0.15, 0.2) is 35.0 Å². The first kappa shape index (κ1) is 11.6. The largest absolute Gasteiger partial charge is 0.373 e. The highest BCUT2D eigenvalue weighted by atomic mass is 15.0. The maximum Gasteiger partial charge on any atom is 0.128 e. The topological polar surface area (TPSA) is 49.3 Å². The van der Waals surface area contributed by atoms with E-state index in [2.05, 4.69) is 26.7 Å². The van der Waals surface area contributed by atoms with Gasteiger partial charge in [-0.1, -0.05) is 12.1 Å². The molecule has 4 nitrogen and oxygen atoms in total. The lowest BCUT2D eigenvalue weighted by atomic mass is 10.2. The number of rotatable bonds is 5. The maximum atomic E-state index is 4.39. The third-order valence-electron chi connectivity index (χ3n) is 2.63. The van der Waals surface area contributed by atoms with Crippen LogP contribution >= 0.6 is 0 Å². The summed E-state index contributed by atoms with van der Waals surface area (Å²) >= 11 is 0. The van der Waals surface area contributed by atoms with Crippen LogP contribution in [0.25, 0.3) is 0 Å². The Balaban J connectivity index is 1.81. The Morgan fingerprint density at radius 2 is 2.12 bits per heavy atom. The van der Waals surface area contributed by atoms with Crippen molar-refractivity contribution in [1.29, 1.82) is 0 Å². The molecule has 1 aliphatic heterocycles. The highest BCUT2D eigenvalue weighted by molar-refractivity contribution is 5.60. The fourth-order valence-corrected chi connectivity index (χ4v) is 1.72. The van der Waals surface area contributed by atoms with Crippen molar-refractivity contribution in [2.24, 2.45) is 4.99 Å². The average molecular weight is 230 g/mol. The standard InChI is InChI=1S/C13H18N4/c1-14-12-6-4-7-13(17-12)16-10-8-11-5-2-3-9-15-11/h4-7,9H,2-3,8,10H2,1H3,(H2,14,16,17). The zero-order valence-electron chi connectivity index (χ0n) is 10.1. The summed E-state index contributed by atoms with van der Waals surface area (Å²) in [7, 11) is 1.87. The van der Waals surface area contributed by atoms with Gasteiger partial charge in [0, 0.05) is 31.9 Å². The van der Waals surface area contributed by atoms with E-state index in [0.717, 1.165) is 37.4 Å². The van der Waals surface area contributed by atoms with Crippen molar-refractivity contribution in [1.82, 2.24) is 4.98 Å². The third kappa shape index (κ3) is 3.59. The van der Waals surface area contributed by atoms with Gasteiger partial charge in [-0.25, -0.2) is 4.98 Å². The number of nitrogens with zero attached hydrogens (tertiary/aromatic N) is 2. The van der Waals surface area contributed by atoms with E-state index in [1.54, 1.807) is 0 Å². The van der Waals surface area contributed by atoms with Crippen molar-refractivity contribution in [2.75, 3.05) is 24.2 Å². The number of aliphatic imine (C=N–C) groups is 1. The van der Waals surface area contributed by atoms with E-state index in [9.17, 15) is 0 Å². The van der Waals surface area contributed by atoms with Crippen molar-refractivity contribution in [2.45, 2.75) is 19.3 Å². The van der Waals surface area contributed by atoms with E-state index in [1.165, 1.54) is 5.70 Å². The lowest BCUT2D eigenvalue weighted by Gasteiger charge is -2.09. The number of allylic oxidation sites excluding steroid dienone is 1. The Bertz CT molecular complexity index is 423. The monoisotopic (exact) mass is 230 g/mol. The van der Waals surface area contributed by atoms with Crippen LogP contribution in [0.3, 0.4) is 0 Å². The molecule has 0 bridgehead atoms. The lowest BCUT2D eigenvalue weighted by molar-refractivity contribution is 0.926. The van der Waals surface area contributed by atoms with Crippen LogP contribution in [0.4, 0.5) is 11.6 Å².